The molecular formula is C22H20ClN5O2. The number of fused-ring (bicyclic) bond motifs is 2. The number of benzene rings is 1. The number of hydrogen-bond acceptors (Lipinski definition) is 4. The molecule has 1 aliphatic heterocycles. The lowest BCUT2D eigenvalue weighted by atomic mass is 9.90. The van der Waals surface area contributed by atoms with Crippen LogP contribution in [0.5, 0.6) is 0 Å². The summed E-state index contributed by atoms with van der Waals surface area (Å²) in [5.74, 6) is 1.44. The van der Waals surface area contributed by atoms with Crippen LogP contribution >= 0.6 is 11.6 Å². The number of aromatic nitrogens is 5. The second-order valence-electron chi connectivity index (χ2n) is 7.80. The Kier molecular flexibility index (Phi) is 4.55. The van der Waals surface area contributed by atoms with Gasteiger partial charge in [-0.05, 0) is 36.6 Å². The number of Topliss-reactive ketones (excluding diaryl/α,β-unsaturated/α-hetero) is 1. The minimum atomic E-state index is -0.224. The number of aromatic amines is 1. The average molecular weight is 422 g/mol. The number of ketones is 1. The predicted molar refractivity (Wildman–Crippen MR) is 115 cm³/mol. The van der Waals surface area contributed by atoms with Crippen molar-refractivity contribution in [3.63, 3.8) is 0 Å². The van der Waals surface area contributed by atoms with E-state index in [9.17, 15) is 9.59 Å². The van der Waals surface area contributed by atoms with Crippen LogP contribution < -0.4 is 5.69 Å². The molecule has 1 aromatic carbocycles. The Labute approximate surface area is 177 Å². The van der Waals surface area contributed by atoms with Gasteiger partial charge in [0.15, 0.2) is 11.4 Å². The Hall–Kier alpha value is -3.19. The molecule has 0 aliphatic carbocycles. The Balaban J connectivity index is 1.43. The molecule has 3 aromatic heterocycles. The van der Waals surface area contributed by atoms with Crippen molar-refractivity contribution in [1.82, 2.24) is 24.1 Å². The van der Waals surface area contributed by atoms with Crippen molar-refractivity contribution in [3.05, 3.63) is 69.8 Å². The van der Waals surface area contributed by atoms with E-state index >= 15 is 0 Å². The summed E-state index contributed by atoms with van der Waals surface area (Å²) in [6.45, 7) is 0.903. The van der Waals surface area contributed by atoms with Gasteiger partial charge < -0.3 is 4.57 Å². The fourth-order valence-corrected chi connectivity index (χ4v) is 4.36. The lowest BCUT2D eigenvalue weighted by Gasteiger charge is -2.22. The van der Waals surface area contributed by atoms with E-state index in [0.29, 0.717) is 34.1 Å². The maximum Gasteiger partial charge on any atom is 0.327 e. The first-order valence-electron chi connectivity index (χ1n) is 9.87. The van der Waals surface area contributed by atoms with Crippen LogP contribution in [0, 0.1) is 5.92 Å². The second-order valence-corrected chi connectivity index (χ2v) is 8.21. The highest BCUT2D eigenvalue weighted by Crippen LogP contribution is 2.31. The Bertz CT molecular complexity index is 1330. The van der Waals surface area contributed by atoms with Crippen LogP contribution in [0.2, 0.25) is 5.02 Å². The first kappa shape index (κ1) is 18.8. The van der Waals surface area contributed by atoms with Crippen molar-refractivity contribution in [1.29, 1.82) is 0 Å². The molecule has 8 heteroatoms. The third-order valence-corrected chi connectivity index (χ3v) is 6.21. The molecule has 0 saturated heterocycles. The zero-order chi connectivity index (χ0) is 20.8. The third-order valence-electron chi connectivity index (χ3n) is 5.88. The summed E-state index contributed by atoms with van der Waals surface area (Å²) in [6, 6.07) is 7.20. The zero-order valence-corrected chi connectivity index (χ0v) is 17.2. The molecule has 30 heavy (non-hydrogen) atoms. The van der Waals surface area contributed by atoms with E-state index in [1.54, 1.807) is 25.4 Å². The van der Waals surface area contributed by atoms with Gasteiger partial charge >= 0.3 is 5.69 Å². The molecule has 1 N–H and O–H groups in total. The maximum atomic E-state index is 13.0. The van der Waals surface area contributed by atoms with Crippen molar-refractivity contribution < 1.29 is 4.79 Å². The number of imidazole rings is 2. The summed E-state index contributed by atoms with van der Waals surface area (Å²) >= 11 is 6.44. The fraction of sp³-hybridized carbons (Fsp3) is 0.273. The van der Waals surface area contributed by atoms with E-state index in [-0.39, 0.29) is 11.5 Å². The van der Waals surface area contributed by atoms with Gasteiger partial charge in [-0.3, -0.25) is 14.3 Å². The summed E-state index contributed by atoms with van der Waals surface area (Å²) in [4.78, 5) is 36.3. The number of aryl methyl sites for hydroxylation is 2. The molecule has 152 valence electrons. The van der Waals surface area contributed by atoms with E-state index in [1.165, 1.54) is 4.57 Å². The van der Waals surface area contributed by atoms with E-state index in [2.05, 4.69) is 19.5 Å². The molecule has 0 amide bonds. The monoisotopic (exact) mass is 421 g/mol. The van der Waals surface area contributed by atoms with E-state index in [0.717, 1.165) is 36.3 Å². The summed E-state index contributed by atoms with van der Waals surface area (Å²) in [5, 5.41) is 0.535. The first-order chi connectivity index (χ1) is 14.5. The van der Waals surface area contributed by atoms with E-state index in [1.807, 2.05) is 24.5 Å². The van der Waals surface area contributed by atoms with Crippen molar-refractivity contribution in [2.24, 2.45) is 13.0 Å². The summed E-state index contributed by atoms with van der Waals surface area (Å²) in [7, 11) is 1.68. The Morgan fingerprint density at radius 1 is 1.30 bits per heavy atom. The van der Waals surface area contributed by atoms with Crippen molar-refractivity contribution in [3.8, 4) is 11.1 Å². The second kappa shape index (κ2) is 7.25. The van der Waals surface area contributed by atoms with E-state index < -0.39 is 0 Å². The van der Waals surface area contributed by atoms with Crippen molar-refractivity contribution in [2.75, 3.05) is 0 Å². The van der Waals surface area contributed by atoms with Gasteiger partial charge in [-0.2, -0.15) is 0 Å². The van der Waals surface area contributed by atoms with Crippen LogP contribution in [0.3, 0.4) is 0 Å². The molecule has 4 heterocycles. The number of pyridine rings is 1. The molecule has 0 fully saturated rings. The summed E-state index contributed by atoms with van der Waals surface area (Å²) < 4.78 is 3.65. The zero-order valence-electron chi connectivity index (χ0n) is 16.4. The highest BCUT2D eigenvalue weighted by Gasteiger charge is 2.23. The number of rotatable bonds is 4. The van der Waals surface area contributed by atoms with Gasteiger partial charge in [0.05, 0.1) is 5.52 Å². The summed E-state index contributed by atoms with van der Waals surface area (Å²) in [6.07, 6.45) is 7.74. The standard InChI is InChI=1S/C22H20ClN5O2/c1-27-18-11-15(12-25-21(18)26-22(27)30)16-10-14(2-3-17(16)23)19(29)8-13-4-6-28-7-5-24-20(28)9-13/h2-3,5,7,10-13H,4,6,8-9H2,1H3,(H,25,26,30). The van der Waals surface area contributed by atoms with Gasteiger partial charge in [0, 0.05) is 66.7 Å². The van der Waals surface area contributed by atoms with Gasteiger partial charge in [0.1, 0.15) is 5.82 Å². The van der Waals surface area contributed by atoms with Gasteiger partial charge in [-0.25, -0.2) is 14.8 Å². The van der Waals surface area contributed by atoms with Crippen LogP contribution in [0.25, 0.3) is 22.3 Å². The van der Waals surface area contributed by atoms with Crippen molar-refractivity contribution >= 4 is 28.5 Å². The van der Waals surface area contributed by atoms with Crippen LogP contribution in [0.4, 0.5) is 0 Å². The largest absolute Gasteiger partial charge is 0.335 e. The third kappa shape index (κ3) is 3.25. The lowest BCUT2D eigenvalue weighted by molar-refractivity contribution is 0.0953. The molecule has 1 aliphatic rings. The number of H-pyrrole nitrogens is 1. The number of carbonyl (C=O) groups is 1. The highest BCUT2D eigenvalue weighted by atomic mass is 35.5. The molecule has 0 spiro atoms. The molecule has 0 saturated carbocycles. The molecule has 4 aromatic rings. The fourth-order valence-electron chi connectivity index (χ4n) is 4.14. The molecule has 0 radical (unpaired) electrons. The Morgan fingerprint density at radius 3 is 3.03 bits per heavy atom. The van der Waals surface area contributed by atoms with Crippen LogP contribution in [0.15, 0.2) is 47.7 Å². The Morgan fingerprint density at radius 2 is 2.17 bits per heavy atom. The van der Waals surface area contributed by atoms with Crippen molar-refractivity contribution in [2.45, 2.75) is 25.8 Å². The first-order valence-corrected chi connectivity index (χ1v) is 10.3. The van der Waals surface area contributed by atoms with Crippen LogP contribution in [-0.2, 0) is 20.0 Å². The van der Waals surface area contributed by atoms with Gasteiger partial charge in [-0.1, -0.05) is 11.6 Å². The molecule has 7 nitrogen and oxygen atoms in total. The number of carbonyl (C=O) groups excluding carboxylic acids is 1. The van der Waals surface area contributed by atoms with Gasteiger partial charge in [0.2, 0.25) is 0 Å². The van der Waals surface area contributed by atoms with Gasteiger partial charge in [0.25, 0.3) is 0 Å². The normalized spacial score (nSPS) is 16.0. The summed E-state index contributed by atoms with van der Waals surface area (Å²) in [5.41, 5.74) is 3.10. The minimum Gasteiger partial charge on any atom is -0.335 e. The number of nitrogens with zero attached hydrogens (tertiary/aromatic N) is 4. The molecule has 1 atom stereocenters. The SMILES string of the molecule is Cn1c(=O)[nH]c2ncc(-c3cc(C(=O)CC4CCn5ccnc5C4)ccc3Cl)cc21. The molecular weight excluding hydrogens is 402 g/mol. The topological polar surface area (TPSA) is 85.6 Å². The maximum absolute atomic E-state index is 13.0. The molecule has 0 bridgehead atoms. The number of nitrogens with one attached hydrogen (secondary N) is 1. The molecule has 5 rings (SSSR count). The number of hydrogen-bond donors (Lipinski definition) is 1. The minimum absolute atomic E-state index is 0.0982. The van der Waals surface area contributed by atoms with Crippen LogP contribution in [0.1, 0.15) is 29.0 Å². The smallest absolute Gasteiger partial charge is 0.327 e. The van der Waals surface area contributed by atoms with Crippen LogP contribution in [-0.4, -0.2) is 29.9 Å². The highest BCUT2D eigenvalue weighted by molar-refractivity contribution is 6.33. The lowest BCUT2D eigenvalue weighted by Crippen LogP contribution is -2.21. The van der Waals surface area contributed by atoms with E-state index in [4.69, 9.17) is 11.6 Å². The number of halogens is 1. The van der Waals surface area contributed by atoms with Gasteiger partial charge in [-0.15, -0.1) is 0 Å². The molecule has 1 unspecified atom stereocenters. The quantitative estimate of drug-likeness (QED) is 0.510. The predicted octanol–water partition coefficient (Wildman–Crippen LogP) is 3.61. The average Bonchev–Trinajstić information content (AvgIpc) is 3.32.